The summed E-state index contributed by atoms with van der Waals surface area (Å²) in [5.41, 5.74) is 0. The Labute approximate surface area is 140 Å². The van der Waals surface area contributed by atoms with Crippen LogP contribution in [0.1, 0.15) is 0 Å². The van der Waals surface area contributed by atoms with E-state index < -0.39 is 5.82 Å². The van der Waals surface area contributed by atoms with E-state index in [1.807, 2.05) is 24.3 Å². The minimum Gasteiger partial charge on any atom is -0.493 e. The van der Waals surface area contributed by atoms with Gasteiger partial charge in [0.25, 0.3) is 0 Å². The van der Waals surface area contributed by atoms with Gasteiger partial charge in [-0.15, -0.1) is 0 Å². The molecule has 0 amide bonds. The van der Waals surface area contributed by atoms with Crippen molar-refractivity contribution in [2.24, 2.45) is 0 Å². The van der Waals surface area contributed by atoms with Gasteiger partial charge in [0.15, 0.2) is 28.8 Å². The van der Waals surface area contributed by atoms with Gasteiger partial charge in [-0.1, -0.05) is 18.2 Å². The molecular formula is C18H20FNO4. The number of rotatable bonds is 7. The second-order valence-corrected chi connectivity index (χ2v) is 5.32. The van der Waals surface area contributed by atoms with Gasteiger partial charge in [0.05, 0.1) is 7.11 Å². The van der Waals surface area contributed by atoms with E-state index in [0.29, 0.717) is 32.1 Å². The molecule has 0 unspecified atom stereocenters. The Bertz CT molecular complexity index is 680. The lowest BCUT2D eigenvalue weighted by Gasteiger charge is -2.26. The van der Waals surface area contributed by atoms with E-state index >= 15 is 0 Å². The second-order valence-electron chi connectivity index (χ2n) is 5.32. The summed E-state index contributed by atoms with van der Waals surface area (Å²) < 4.78 is 35.8. The van der Waals surface area contributed by atoms with Gasteiger partial charge in [-0.05, 0) is 24.3 Å². The van der Waals surface area contributed by atoms with Gasteiger partial charge in [-0.3, -0.25) is 0 Å². The number of benzene rings is 2. The van der Waals surface area contributed by atoms with E-state index in [1.54, 1.807) is 12.1 Å². The molecule has 0 aromatic heterocycles. The van der Waals surface area contributed by atoms with Crippen LogP contribution in [0.4, 0.5) is 4.39 Å². The summed E-state index contributed by atoms with van der Waals surface area (Å²) in [5.74, 6) is 1.60. The molecular weight excluding hydrogens is 313 g/mol. The molecule has 0 saturated carbocycles. The summed E-state index contributed by atoms with van der Waals surface area (Å²) >= 11 is 0. The summed E-state index contributed by atoms with van der Waals surface area (Å²) in [5, 5.41) is 3.22. The summed E-state index contributed by atoms with van der Waals surface area (Å²) in [7, 11) is 1.48. The first kappa shape index (κ1) is 16.4. The van der Waals surface area contributed by atoms with Crippen LogP contribution in [0.25, 0.3) is 0 Å². The van der Waals surface area contributed by atoms with Gasteiger partial charge in [-0.2, -0.15) is 0 Å². The van der Waals surface area contributed by atoms with Crippen molar-refractivity contribution in [1.82, 2.24) is 5.32 Å². The fourth-order valence-corrected chi connectivity index (χ4v) is 2.44. The second kappa shape index (κ2) is 7.88. The summed E-state index contributed by atoms with van der Waals surface area (Å²) in [6.07, 6.45) is -0.0668. The number of hydrogen-bond donors (Lipinski definition) is 1. The average molecular weight is 333 g/mol. The zero-order valence-corrected chi connectivity index (χ0v) is 13.5. The highest BCUT2D eigenvalue weighted by atomic mass is 19.1. The quantitative estimate of drug-likeness (QED) is 0.790. The molecule has 5 nitrogen and oxygen atoms in total. The monoisotopic (exact) mass is 333 g/mol. The van der Waals surface area contributed by atoms with E-state index in [-0.39, 0.29) is 11.9 Å². The topological polar surface area (TPSA) is 49.0 Å². The molecule has 1 atom stereocenters. The maximum atomic E-state index is 13.7. The summed E-state index contributed by atoms with van der Waals surface area (Å²) in [6.45, 7) is 1.98. The van der Waals surface area contributed by atoms with Gasteiger partial charge < -0.3 is 24.3 Å². The molecule has 0 spiro atoms. The van der Waals surface area contributed by atoms with Crippen LogP contribution in [-0.2, 0) is 0 Å². The SMILES string of the molecule is COc1cccc(F)c1OCCNC[C@H]1COc2ccccc2O1. The first-order valence-electron chi connectivity index (χ1n) is 7.82. The Kier molecular flexibility index (Phi) is 5.38. The van der Waals surface area contributed by atoms with Crippen LogP contribution >= 0.6 is 0 Å². The fourth-order valence-electron chi connectivity index (χ4n) is 2.44. The molecule has 1 aliphatic heterocycles. The lowest BCUT2D eigenvalue weighted by molar-refractivity contribution is 0.0896. The molecule has 0 radical (unpaired) electrons. The third-order valence-electron chi connectivity index (χ3n) is 3.62. The number of ether oxygens (including phenoxy) is 4. The number of hydrogen-bond acceptors (Lipinski definition) is 5. The fraction of sp³-hybridized carbons (Fsp3) is 0.333. The average Bonchev–Trinajstić information content (AvgIpc) is 2.62. The molecule has 0 aliphatic carbocycles. The Morgan fingerprint density at radius 1 is 1.17 bits per heavy atom. The number of para-hydroxylation sites is 3. The van der Waals surface area contributed by atoms with Crippen LogP contribution in [0.2, 0.25) is 0 Å². The summed E-state index contributed by atoms with van der Waals surface area (Å²) in [4.78, 5) is 0. The maximum Gasteiger partial charge on any atom is 0.197 e. The third kappa shape index (κ3) is 3.89. The van der Waals surface area contributed by atoms with Crippen molar-refractivity contribution in [2.45, 2.75) is 6.10 Å². The zero-order valence-electron chi connectivity index (χ0n) is 13.5. The number of methoxy groups -OCH3 is 1. The van der Waals surface area contributed by atoms with Gasteiger partial charge in [-0.25, -0.2) is 4.39 Å². The van der Waals surface area contributed by atoms with Crippen LogP contribution in [-0.4, -0.2) is 39.5 Å². The minimum absolute atomic E-state index is 0.0668. The smallest absolute Gasteiger partial charge is 0.197 e. The molecule has 2 aromatic rings. The first-order chi connectivity index (χ1) is 11.8. The minimum atomic E-state index is -0.435. The molecule has 1 aliphatic rings. The van der Waals surface area contributed by atoms with Crippen LogP contribution in [0.5, 0.6) is 23.0 Å². The Balaban J connectivity index is 1.41. The van der Waals surface area contributed by atoms with Gasteiger partial charge in [0, 0.05) is 13.1 Å². The lowest BCUT2D eigenvalue weighted by atomic mass is 10.2. The predicted octanol–water partition coefficient (Wildman–Crippen LogP) is 2.64. The number of halogens is 1. The van der Waals surface area contributed by atoms with Crippen molar-refractivity contribution in [3.8, 4) is 23.0 Å². The highest BCUT2D eigenvalue weighted by Crippen LogP contribution is 2.31. The van der Waals surface area contributed by atoms with E-state index in [1.165, 1.54) is 13.2 Å². The largest absolute Gasteiger partial charge is 0.493 e. The normalized spacial score (nSPS) is 15.8. The Hall–Kier alpha value is -2.47. The van der Waals surface area contributed by atoms with E-state index in [0.717, 1.165) is 11.5 Å². The molecule has 6 heteroatoms. The van der Waals surface area contributed by atoms with Crippen LogP contribution in [0.15, 0.2) is 42.5 Å². The molecule has 128 valence electrons. The maximum absolute atomic E-state index is 13.7. The standard InChI is InChI=1S/C18H20FNO4/c1-21-17-8-4-5-14(19)18(17)22-10-9-20-11-13-12-23-15-6-2-3-7-16(15)24-13/h2-8,13,20H,9-12H2,1H3/t13-/m0/s1. The van der Waals surface area contributed by atoms with Gasteiger partial charge >= 0.3 is 0 Å². The summed E-state index contributed by atoms with van der Waals surface area (Å²) in [6, 6.07) is 12.2. The lowest BCUT2D eigenvalue weighted by Crippen LogP contribution is -2.39. The Morgan fingerprint density at radius 2 is 2.00 bits per heavy atom. The highest BCUT2D eigenvalue weighted by Gasteiger charge is 2.20. The molecule has 0 bridgehead atoms. The molecule has 3 rings (SSSR count). The van der Waals surface area contributed by atoms with E-state index in [4.69, 9.17) is 18.9 Å². The van der Waals surface area contributed by atoms with Crippen molar-refractivity contribution in [2.75, 3.05) is 33.4 Å². The van der Waals surface area contributed by atoms with Gasteiger partial charge in [0.1, 0.15) is 19.3 Å². The van der Waals surface area contributed by atoms with Crippen molar-refractivity contribution >= 4 is 0 Å². The number of nitrogens with one attached hydrogen (secondary N) is 1. The van der Waals surface area contributed by atoms with Crippen LogP contribution < -0.4 is 24.3 Å². The van der Waals surface area contributed by atoms with Crippen molar-refractivity contribution < 1.29 is 23.3 Å². The van der Waals surface area contributed by atoms with Crippen LogP contribution in [0, 0.1) is 5.82 Å². The number of fused-ring (bicyclic) bond motifs is 1. The molecule has 0 fully saturated rings. The third-order valence-corrected chi connectivity index (χ3v) is 3.62. The molecule has 2 aromatic carbocycles. The van der Waals surface area contributed by atoms with Crippen LogP contribution in [0.3, 0.4) is 0 Å². The highest BCUT2D eigenvalue weighted by molar-refractivity contribution is 5.41. The molecule has 1 N–H and O–H groups in total. The zero-order chi connectivity index (χ0) is 16.8. The van der Waals surface area contributed by atoms with E-state index in [9.17, 15) is 4.39 Å². The van der Waals surface area contributed by atoms with Crippen molar-refractivity contribution in [3.05, 3.63) is 48.3 Å². The first-order valence-corrected chi connectivity index (χ1v) is 7.82. The Morgan fingerprint density at radius 3 is 2.83 bits per heavy atom. The van der Waals surface area contributed by atoms with Gasteiger partial charge in [0.2, 0.25) is 0 Å². The van der Waals surface area contributed by atoms with E-state index in [2.05, 4.69) is 5.32 Å². The molecule has 24 heavy (non-hydrogen) atoms. The van der Waals surface area contributed by atoms with Crippen molar-refractivity contribution in [1.29, 1.82) is 0 Å². The predicted molar refractivity (Wildman–Crippen MR) is 87.7 cm³/mol. The molecule has 1 heterocycles. The van der Waals surface area contributed by atoms with Crippen molar-refractivity contribution in [3.63, 3.8) is 0 Å². The molecule has 0 saturated heterocycles.